The largest absolute Gasteiger partial charge is 0.465 e. The molecule has 0 saturated carbocycles. The predicted molar refractivity (Wildman–Crippen MR) is 124 cm³/mol. The molecular weight excluding hydrogens is 427 g/mol. The molecule has 0 spiro atoms. The topological polar surface area (TPSA) is 59.4 Å². The first-order chi connectivity index (χ1) is 15.4. The van der Waals surface area contributed by atoms with Crippen molar-refractivity contribution < 1.29 is 13.9 Å². The summed E-state index contributed by atoms with van der Waals surface area (Å²) >= 11 is 5.61. The average molecular weight is 453 g/mol. The summed E-state index contributed by atoms with van der Waals surface area (Å²) in [4.78, 5) is 18.7. The van der Waals surface area contributed by atoms with E-state index in [9.17, 15) is 9.18 Å². The van der Waals surface area contributed by atoms with Crippen LogP contribution in [0.25, 0.3) is 5.69 Å². The Kier molecular flexibility index (Phi) is 6.23. The number of para-hydroxylation sites is 1. The highest BCUT2D eigenvalue weighted by molar-refractivity contribution is 7.80. The van der Waals surface area contributed by atoms with Crippen molar-refractivity contribution in [2.45, 2.75) is 32.9 Å². The van der Waals surface area contributed by atoms with Gasteiger partial charge in [-0.25, -0.2) is 4.39 Å². The first-order valence-corrected chi connectivity index (χ1v) is 10.9. The average Bonchev–Trinajstić information content (AvgIpc) is 3.25. The van der Waals surface area contributed by atoms with Crippen LogP contribution >= 0.6 is 12.2 Å². The van der Waals surface area contributed by atoms with E-state index in [4.69, 9.17) is 17.0 Å². The maximum absolute atomic E-state index is 14.6. The molecule has 32 heavy (non-hydrogen) atoms. The number of esters is 1. The van der Waals surface area contributed by atoms with Gasteiger partial charge in [-0.2, -0.15) is 0 Å². The molecule has 0 unspecified atom stereocenters. The van der Waals surface area contributed by atoms with Crippen molar-refractivity contribution in [2.24, 2.45) is 0 Å². The van der Waals surface area contributed by atoms with Crippen LogP contribution in [0.15, 0.2) is 54.7 Å². The highest BCUT2D eigenvalue weighted by Gasteiger charge is 2.42. The van der Waals surface area contributed by atoms with Gasteiger partial charge in [0, 0.05) is 17.6 Å². The highest BCUT2D eigenvalue weighted by atomic mass is 32.1. The van der Waals surface area contributed by atoms with E-state index < -0.39 is 0 Å². The summed E-state index contributed by atoms with van der Waals surface area (Å²) in [5.41, 5.74) is 3.99. The Morgan fingerprint density at radius 3 is 2.66 bits per heavy atom. The van der Waals surface area contributed by atoms with Crippen molar-refractivity contribution in [1.29, 1.82) is 0 Å². The maximum Gasteiger partial charge on any atom is 0.325 e. The van der Waals surface area contributed by atoms with Crippen LogP contribution in [0.5, 0.6) is 0 Å². The quantitative estimate of drug-likeness (QED) is 0.448. The third kappa shape index (κ3) is 3.98. The van der Waals surface area contributed by atoms with E-state index in [0.717, 1.165) is 22.6 Å². The van der Waals surface area contributed by atoms with Crippen molar-refractivity contribution in [3.63, 3.8) is 0 Å². The van der Waals surface area contributed by atoms with Crippen LogP contribution in [0.1, 0.15) is 41.7 Å². The molecule has 1 fully saturated rings. The summed E-state index contributed by atoms with van der Waals surface area (Å²) in [5.74, 6) is -0.656. The minimum atomic E-state index is -0.355. The summed E-state index contributed by atoms with van der Waals surface area (Å²) in [5, 5.41) is 3.78. The fraction of sp³-hybridized carbons (Fsp3) is 0.292. The SMILES string of the molecule is CCOC(=O)CN1C(=S)N[C@@H](c2ccccn2)[C@@H]1c1cc(C)n(-c2ccccc2F)c1C. The van der Waals surface area contributed by atoms with E-state index >= 15 is 0 Å². The molecule has 1 aromatic carbocycles. The summed E-state index contributed by atoms with van der Waals surface area (Å²) in [6.45, 7) is 5.97. The van der Waals surface area contributed by atoms with Gasteiger partial charge < -0.3 is 19.5 Å². The first-order valence-electron chi connectivity index (χ1n) is 10.5. The van der Waals surface area contributed by atoms with Crippen molar-refractivity contribution in [3.05, 3.63) is 83.2 Å². The molecule has 2 atom stereocenters. The number of nitrogens with one attached hydrogen (secondary N) is 1. The van der Waals surface area contributed by atoms with Gasteiger partial charge in [0.05, 0.1) is 30.1 Å². The number of aryl methyl sites for hydroxylation is 1. The van der Waals surface area contributed by atoms with Crippen molar-refractivity contribution in [3.8, 4) is 5.69 Å². The molecule has 1 aliphatic rings. The molecule has 1 saturated heterocycles. The normalized spacial score (nSPS) is 18.0. The predicted octanol–water partition coefficient (Wildman–Crippen LogP) is 4.16. The fourth-order valence-corrected chi connectivity index (χ4v) is 4.66. The van der Waals surface area contributed by atoms with Gasteiger partial charge >= 0.3 is 5.97 Å². The number of pyridine rings is 1. The van der Waals surface area contributed by atoms with E-state index in [1.54, 1.807) is 25.3 Å². The molecule has 2 aromatic heterocycles. The molecule has 4 rings (SSSR count). The summed E-state index contributed by atoms with van der Waals surface area (Å²) in [6, 6.07) is 13.8. The van der Waals surface area contributed by atoms with Crippen LogP contribution in [0, 0.1) is 19.7 Å². The van der Waals surface area contributed by atoms with Crippen molar-refractivity contribution in [2.75, 3.05) is 13.2 Å². The molecule has 0 amide bonds. The summed E-state index contributed by atoms with van der Waals surface area (Å²) in [7, 11) is 0. The number of hydrogen-bond acceptors (Lipinski definition) is 4. The minimum Gasteiger partial charge on any atom is -0.465 e. The molecule has 0 bridgehead atoms. The lowest BCUT2D eigenvalue weighted by Crippen LogP contribution is -2.35. The zero-order valence-electron chi connectivity index (χ0n) is 18.2. The van der Waals surface area contributed by atoms with Crippen LogP contribution < -0.4 is 5.32 Å². The number of rotatable bonds is 6. The van der Waals surface area contributed by atoms with Gasteiger partial charge in [-0.15, -0.1) is 0 Å². The van der Waals surface area contributed by atoms with E-state index in [-0.39, 0.29) is 30.4 Å². The second kappa shape index (κ2) is 9.08. The Morgan fingerprint density at radius 2 is 1.97 bits per heavy atom. The monoisotopic (exact) mass is 452 g/mol. The lowest BCUT2D eigenvalue weighted by molar-refractivity contribution is -0.143. The Balaban J connectivity index is 1.83. The van der Waals surface area contributed by atoms with E-state index in [2.05, 4.69) is 10.3 Å². The van der Waals surface area contributed by atoms with Gasteiger partial charge in [0.25, 0.3) is 0 Å². The molecule has 3 heterocycles. The number of nitrogens with zero attached hydrogens (tertiary/aromatic N) is 3. The number of ether oxygens (including phenoxy) is 1. The highest BCUT2D eigenvalue weighted by Crippen LogP contribution is 2.41. The minimum absolute atomic E-state index is 0.0110. The van der Waals surface area contributed by atoms with Crippen LogP contribution in [0.3, 0.4) is 0 Å². The smallest absolute Gasteiger partial charge is 0.325 e. The van der Waals surface area contributed by atoms with Crippen LogP contribution in [0.2, 0.25) is 0 Å². The molecule has 8 heteroatoms. The van der Waals surface area contributed by atoms with Crippen LogP contribution in [-0.2, 0) is 9.53 Å². The van der Waals surface area contributed by atoms with Crippen molar-refractivity contribution >= 4 is 23.3 Å². The van der Waals surface area contributed by atoms with E-state index in [1.165, 1.54) is 6.07 Å². The van der Waals surface area contributed by atoms with Gasteiger partial charge in [0.15, 0.2) is 5.11 Å². The van der Waals surface area contributed by atoms with Gasteiger partial charge in [0.1, 0.15) is 12.4 Å². The summed E-state index contributed by atoms with van der Waals surface area (Å²) in [6.07, 6.45) is 1.73. The number of thiocarbonyl (C=S) groups is 1. The lowest BCUT2D eigenvalue weighted by atomic mass is 9.97. The third-order valence-electron chi connectivity index (χ3n) is 5.68. The zero-order valence-corrected chi connectivity index (χ0v) is 19.0. The number of aromatic nitrogens is 2. The second-order valence-corrected chi connectivity index (χ2v) is 8.06. The molecular formula is C24H25FN4O2S. The van der Waals surface area contributed by atoms with Crippen LogP contribution in [0.4, 0.5) is 4.39 Å². The number of halogens is 1. The number of carbonyl (C=O) groups is 1. The van der Waals surface area contributed by atoms with E-state index in [0.29, 0.717) is 17.4 Å². The van der Waals surface area contributed by atoms with Gasteiger partial charge in [-0.3, -0.25) is 9.78 Å². The summed E-state index contributed by atoms with van der Waals surface area (Å²) < 4.78 is 21.7. The Morgan fingerprint density at radius 1 is 1.22 bits per heavy atom. The Labute approximate surface area is 192 Å². The number of benzene rings is 1. The number of carbonyl (C=O) groups excluding carboxylic acids is 1. The second-order valence-electron chi connectivity index (χ2n) is 7.67. The maximum atomic E-state index is 14.6. The molecule has 1 aliphatic heterocycles. The number of hydrogen-bond donors (Lipinski definition) is 1. The standard InChI is InChI=1S/C24H25FN4O2S/c1-4-31-21(30)14-28-23(22(27-24(28)32)19-10-7-8-12-26-19)17-13-15(2)29(16(17)3)20-11-6-5-9-18(20)25/h5-13,22-23H,4,14H2,1-3H3,(H,27,32)/t22-,23-/m0/s1. The molecule has 0 aliphatic carbocycles. The Hall–Kier alpha value is -3.26. The molecule has 1 N–H and O–H groups in total. The van der Waals surface area contributed by atoms with Crippen LogP contribution in [-0.4, -0.2) is 38.7 Å². The lowest BCUT2D eigenvalue weighted by Gasteiger charge is -2.27. The van der Waals surface area contributed by atoms with Gasteiger partial charge in [-0.05, 0) is 68.9 Å². The molecule has 6 nitrogen and oxygen atoms in total. The first kappa shape index (κ1) is 22.0. The molecule has 166 valence electrons. The van der Waals surface area contributed by atoms with E-state index in [1.807, 2.05) is 53.6 Å². The molecule has 3 aromatic rings. The van der Waals surface area contributed by atoms with Gasteiger partial charge in [0.2, 0.25) is 0 Å². The third-order valence-corrected chi connectivity index (χ3v) is 6.04. The zero-order chi connectivity index (χ0) is 22.8. The molecule has 0 radical (unpaired) electrons. The van der Waals surface area contributed by atoms with Gasteiger partial charge in [-0.1, -0.05) is 18.2 Å². The fourth-order valence-electron chi connectivity index (χ4n) is 4.35. The van der Waals surface area contributed by atoms with Crippen molar-refractivity contribution in [1.82, 2.24) is 19.8 Å². The Bertz CT molecular complexity index is 1150.